The van der Waals surface area contributed by atoms with E-state index in [1.165, 1.54) is 0 Å². The molecule has 3 N–H and O–H groups in total. The number of rotatable bonds is 8. The van der Waals surface area contributed by atoms with Gasteiger partial charge < -0.3 is 20.5 Å². The van der Waals surface area contributed by atoms with Gasteiger partial charge >= 0.3 is 6.18 Å². The summed E-state index contributed by atoms with van der Waals surface area (Å²) in [5, 5.41) is 14.3. The van der Waals surface area contributed by atoms with Gasteiger partial charge in [-0.3, -0.25) is 9.78 Å². The maximum Gasteiger partial charge on any atom is 0.434 e. The molecule has 0 aliphatic carbocycles. The molecule has 1 amide bonds. The number of aromatic nitrogens is 4. The minimum atomic E-state index is -4.65. The van der Waals surface area contributed by atoms with Gasteiger partial charge in [0.05, 0.1) is 30.3 Å². The molecule has 0 bridgehead atoms. The fourth-order valence-corrected chi connectivity index (χ4v) is 3.19. The molecule has 0 atom stereocenters. The molecule has 3 aromatic heterocycles. The lowest BCUT2D eigenvalue weighted by Crippen LogP contribution is -2.15. The zero-order chi connectivity index (χ0) is 22.4. The summed E-state index contributed by atoms with van der Waals surface area (Å²) in [6.45, 7) is 1.84. The second-order valence-electron chi connectivity index (χ2n) is 6.13. The van der Waals surface area contributed by atoms with Crippen molar-refractivity contribution >= 4 is 34.1 Å². The molecule has 0 unspecified atom stereocenters. The molecule has 3 heterocycles. The van der Waals surface area contributed by atoms with Gasteiger partial charge in [-0.05, 0) is 24.5 Å². The van der Waals surface area contributed by atoms with E-state index in [0.29, 0.717) is 18.3 Å². The summed E-state index contributed by atoms with van der Waals surface area (Å²) in [6.07, 6.45) is -2.49. The molecule has 0 radical (unpaired) electrons. The van der Waals surface area contributed by atoms with E-state index in [0.717, 1.165) is 17.7 Å². The third-order valence-electron chi connectivity index (χ3n) is 3.77. The molecule has 0 saturated carbocycles. The van der Waals surface area contributed by atoms with Crippen LogP contribution in [0.2, 0.25) is 0 Å². The number of carbonyl (C=O) groups excluding carboxylic acids is 1. The van der Waals surface area contributed by atoms with Gasteiger partial charge in [-0.15, -0.1) is 0 Å². The highest BCUT2D eigenvalue weighted by Crippen LogP contribution is 2.31. The Morgan fingerprint density at radius 3 is 2.77 bits per heavy atom. The number of carbonyl (C=O) groups is 1. The van der Waals surface area contributed by atoms with Gasteiger partial charge in [0.2, 0.25) is 5.88 Å². The lowest BCUT2D eigenvalue weighted by atomic mass is 10.2. The van der Waals surface area contributed by atoms with Crippen LogP contribution in [0.25, 0.3) is 0 Å². The normalized spacial score (nSPS) is 11.3. The Bertz CT molecular complexity index is 1060. The summed E-state index contributed by atoms with van der Waals surface area (Å²) < 4.78 is 48.0. The van der Waals surface area contributed by atoms with E-state index in [-0.39, 0.29) is 41.3 Å². The number of aliphatic hydroxyl groups excluding tert-OH is 1. The summed E-state index contributed by atoms with van der Waals surface area (Å²) in [6, 6.07) is 4.79. The van der Waals surface area contributed by atoms with Crippen molar-refractivity contribution in [2.75, 3.05) is 23.8 Å². The van der Waals surface area contributed by atoms with Crippen LogP contribution in [0.15, 0.2) is 30.6 Å². The molecule has 3 aromatic rings. The lowest BCUT2D eigenvalue weighted by Gasteiger charge is -2.10. The Morgan fingerprint density at radius 2 is 2.03 bits per heavy atom. The van der Waals surface area contributed by atoms with Gasteiger partial charge in [-0.2, -0.15) is 22.5 Å². The Kier molecular flexibility index (Phi) is 6.97. The zero-order valence-corrected chi connectivity index (χ0v) is 16.9. The van der Waals surface area contributed by atoms with Crippen LogP contribution >= 0.6 is 11.5 Å². The van der Waals surface area contributed by atoms with E-state index in [2.05, 4.69) is 30.0 Å². The van der Waals surface area contributed by atoms with Gasteiger partial charge in [0.15, 0.2) is 5.69 Å². The van der Waals surface area contributed by atoms with Crippen LogP contribution in [-0.2, 0) is 6.18 Å². The fourth-order valence-electron chi connectivity index (χ4n) is 2.39. The van der Waals surface area contributed by atoms with Gasteiger partial charge in [-0.1, -0.05) is 6.07 Å². The number of anilines is 3. The quantitative estimate of drug-likeness (QED) is 0.443. The second-order valence-corrected chi connectivity index (χ2v) is 6.90. The van der Waals surface area contributed by atoms with Crippen LogP contribution in [0, 0.1) is 6.92 Å². The number of amides is 1. The minimum absolute atomic E-state index is 0.0209. The average Bonchev–Trinajstić information content (AvgIpc) is 3.08. The number of aliphatic hydroxyl groups is 1. The predicted molar refractivity (Wildman–Crippen MR) is 107 cm³/mol. The molecule has 13 heteroatoms. The largest absolute Gasteiger partial charge is 0.478 e. The van der Waals surface area contributed by atoms with Crippen LogP contribution < -0.4 is 15.4 Å². The Labute approximate surface area is 178 Å². The number of nitrogens with zero attached hydrogens (tertiary/aromatic N) is 4. The highest BCUT2D eigenvalue weighted by Gasteiger charge is 2.33. The number of nitrogens with one attached hydrogen (secondary N) is 2. The van der Waals surface area contributed by atoms with Gasteiger partial charge in [0.25, 0.3) is 5.91 Å². The zero-order valence-electron chi connectivity index (χ0n) is 16.1. The first kappa shape index (κ1) is 22.4. The first-order valence-corrected chi connectivity index (χ1v) is 9.70. The maximum absolute atomic E-state index is 12.9. The first-order chi connectivity index (χ1) is 14.8. The first-order valence-electron chi connectivity index (χ1n) is 8.92. The maximum atomic E-state index is 12.9. The topological polar surface area (TPSA) is 122 Å². The molecular formula is C18H17F3N6O3S. The third kappa shape index (κ3) is 5.86. The van der Waals surface area contributed by atoms with Crippen molar-refractivity contribution < 1.29 is 27.8 Å². The highest BCUT2D eigenvalue weighted by atomic mass is 32.1. The monoisotopic (exact) mass is 454 g/mol. The minimum Gasteiger partial charge on any atom is -0.478 e. The number of pyridine rings is 1. The van der Waals surface area contributed by atoms with Crippen molar-refractivity contribution in [2.45, 2.75) is 19.5 Å². The molecule has 0 aromatic carbocycles. The number of hydrogen-bond acceptors (Lipinski definition) is 9. The van der Waals surface area contributed by atoms with Crippen molar-refractivity contribution in [1.82, 2.24) is 19.3 Å². The predicted octanol–water partition coefficient (Wildman–Crippen LogP) is 3.41. The van der Waals surface area contributed by atoms with E-state index >= 15 is 0 Å². The molecule has 9 nitrogen and oxygen atoms in total. The summed E-state index contributed by atoms with van der Waals surface area (Å²) in [5.41, 5.74) is -0.648. The molecule has 0 aliphatic heterocycles. The highest BCUT2D eigenvalue weighted by molar-refractivity contribution is 7.10. The van der Waals surface area contributed by atoms with Crippen LogP contribution in [0.1, 0.15) is 28.2 Å². The van der Waals surface area contributed by atoms with Crippen LogP contribution in [0.5, 0.6) is 5.88 Å². The van der Waals surface area contributed by atoms with Crippen LogP contribution in [0.3, 0.4) is 0 Å². The summed E-state index contributed by atoms with van der Waals surface area (Å²) in [5.74, 6) is -0.260. The SMILES string of the molecule is Cc1nsc(Nc2cncc(C(F)(F)F)n2)c1C(=O)Nc1cccc(OCCCO)n1. The van der Waals surface area contributed by atoms with E-state index in [1.807, 2.05) is 0 Å². The molecule has 164 valence electrons. The number of halogens is 3. The van der Waals surface area contributed by atoms with Crippen molar-refractivity contribution in [2.24, 2.45) is 0 Å². The van der Waals surface area contributed by atoms with Crippen LogP contribution in [-0.4, -0.2) is 43.6 Å². The standard InChI is InChI=1S/C18H17F3N6O3S/c1-10-15(16(29)25-12-4-2-5-14(24-12)30-7-3-6-28)17(31-27-10)26-13-9-22-8-11(23-13)18(19,20)21/h2,4-5,8-9,28H,3,6-7H2,1H3,(H,23,26)(H,24,25,29). The summed E-state index contributed by atoms with van der Waals surface area (Å²) in [7, 11) is 0. The molecule has 0 saturated heterocycles. The van der Waals surface area contributed by atoms with E-state index < -0.39 is 17.8 Å². The summed E-state index contributed by atoms with van der Waals surface area (Å²) in [4.78, 5) is 24.0. The Hall–Kier alpha value is -3.32. The van der Waals surface area contributed by atoms with Crippen molar-refractivity contribution in [1.29, 1.82) is 0 Å². The van der Waals surface area contributed by atoms with Gasteiger partial charge in [0, 0.05) is 19.1 Å². The molecule has 0 fully saturated rings. The van der Waals surface area contributed by atoms with Crippen molar-refractivity contribution in [3.05, 3.63) is 47.5 Å². The molecule has 31 heavy (non-hydrogen) atoms. The third-order valence-corrected chi connectivity index (χ3v) is 4.63. The molecule has 3 rings (SSSR count). The van der Waals surface area contributed by atoms with Gasteiger partial charge in [0.1, 0.15) is 16.6 Å². The van der Waals surface area contributed by atoms with E-state index in [1.54, 1.807) is 25.1 Å². The van der Waals surface area contributed by atoms with Crippen LogP contribution in [0.4, 0.5) is 29.8 Å². The molecule has 0 aliphatic rings. The van der Waals surface area contributed by atoms with Crippen molar-refractivity contribution in [3.8, 4) is 5.88 Å². The Morgan fingerprint density at radius 1 is 1.23 bits per heavy atom. The van der Waals surface area contributed by atoms with E-state index in [4.69, 9.17) is 9.84 Å². The smallest absolute Gasteiger partial charge is 0.434 e. The number of ether oxygens (including phenoxy) is 1. The van der Waals surface area contributed by atoms with Gasteiger partial charge in [-0.25, -0.2) is 4.98 Å². The number of alkyl halides is 3. The lowest BCUT2D eigenvalue weighted by molar-refractivity contribution is -0.141. The number of hydrogen-bond donors (Lipinski definition) is 3. The van der Waals surface area contributed by atoms with Crippen molar-refractivity contribution in [3.63, 3.8) is 0 Å². The molecule has 0 spiro atoms. The fraction of sp³-hybridized carbons (Fsp3) is 0.278. The number of aryl methyl sites for hydroxylation is 1. The van der Waals surface area contributed by atoms with E-state index in [9.17, 15) is 18.0 Å². The average molecular weight is 454 g/mol. The molecular weight excluding hydrogens is 437 g/mol. The second kappa shape index (κ2) is 9.66. The summed E-state index contributed by atoms with van der Waals surface area (Å²) >= 11 is 0.900. The Balaban J connectivity index is 1.77.